The van der Waals surface area contributed by atoms with Gasteiger partial charge in [-0.3, -0.25) is 0 Å². The number of hydrogen-bond donors (Lipinski definition) is 1. The average molecular weight is 232 g/mol. The van der Waals surface area contributed by atoms with E-state index in [1.165, 1.54) is 23.9 Å². The van der Waals surface area contributed by atoms with Gasteiger partial charge in [-0.25, -0.2) is 8.78 Å². The minimum Gasteiger partial charge on any atom is -0.390 e. The van der Waals surface area contributed by atoms with E-state index < -0.39 is 17.2 Å². The van der Waals surface area contributed by atoms with Crippen molar-refractivity contribution in [1.29, 1.82) is 0 Å². The van der Waals surface area contributed by atoms with Crippen LogP contribution < -0.4 is 0 Å². The molecule has 0 unspecified atom stereocenters. The molecule has 0 aliphatic rings. The van der Waals surface area contributed by atoms with Crippen molar-refractivity contribution >= 4 is 11.8 Å². The summed E-state index contributed by atoms with van der Waals surface area (Å²) in [4.78, 5) is 0.679. The third-order valence-electron chi connectivity index (χ3n) is 1.87. The number of hydrogen-bond acceptors (Lipinski definition) is 2. The SMILES string of the molecule is CC(C)(O)CCSc1ccc(F)c(F)c1. The van der Waals surface area contributed by atoms with Gasteiger partial charge in [0.15, 0.2) is 11.6 Å². The molecule has 0 aliphatic heterocycles. The van der Waals surface area contributed by atoms with E-state index in [0.717, 1.165) is 6.07 Å². The number of thioether (sulfide) groups is 1. The second-order valence-corrected chi connectivity index (χ2v) is 5.16. The summed E-state index contributed by atoms with van der Waals surface area (Å²) in [7, 11) is 0. The lowest BCUT2D eigenvalue weighted by molar-refractivity contribution is 0.0778. The highest BCUT2D eigenvalue weighted by molar-refractivity contribution is 7.99. The van der Waals surface area contributed by atoms with Crippen LogP contribution in [0.3, 0.4) is 0 Å². The van der Waals surface area contributed by atoms with E-state index in [-0.39, 0.29) is 0 Å². The first-order valence-electron chi connectivity index (χ1n) is 4.69. The molecule has 0 saturated carbocycles. The molecule has 1 N–H and O–H groups in total. The Kier molecular flexibility index (Phi) is 4.11. The summed E-state index contributed by atoms with van der Waals surface area (Å²) in [6.45, 7) is 3.44. The van der Waals surface area contributed by atoms with Crippen LogP contribution in [0.5, 0.6) is 0 Å². The maximum atomic E-state index is 12.8. The molecule has 15 heavy (non-hydrogen) atoms. The second kappa shape index (κ2) is 4.94. The summed E-state index contributed by atoms with van der Waals surface area (Å²) < 4.78 is 25.4. The minimum atomic E-state index is -0.832. The van der Waals surface area contributed by atoms with E-state index in [9.17, 15) is 13.9 Å². The van der Waals surface area contributed by atoms with Crippen LogP contribution in [0, 0.1) is 11.6 Å². The molecule has 84 valence electrons. The molecule has 1 aromatic carbocycles. The molecule has 0 aromatic heterocycles. The van der Waals surface area contributed by atoms with Gasteiger partial charge in [0, 0.05) is 10.6 Å². The number of aliphatic hydroxyl groups is 1. The Morgan fingerprint density at radius 3 is 2.47 bits per heavy atom. The fourth-order valence-electron chi connectivity index (χ4n) is 0.985. The molecule has 0 atom stereocenters. The zero-order valence-electron chi connectivity index (χ0n) is 8.76. The normalized spacial score (nSPS) is 11.8. The predicted molar refractivity (Wildman–Crippen MR) is 58.0 cm³/mol. The third-order valence-corrected chi connectivity index (χ3v) is 2.87. The summed E-state index contributed by atoms with van der Waals surface area (Å²) in [5.74, 6) is -0.987. The van der Waals surface area contributed by atoms with Gasteiger partial charge < -0.3 is 5.11 Å². The van der Waals surface area contributed by atoms with Crippen molar-refractivity contribution in [3.63, 3.8) is 0 Å². The lowest BCUT2D eigenvalue weighted by atomic mass is 10.1. The first-order chi connectivity index (χ1) is 6.88. The molecule has 0 amide bonds. The predicted octanol–water partition coefficient (Wildman–Crippen LogP) is 3.22. The molecule has 0 saturated heterocycles. The van der Waals surface area contributed by atoms with Crippen LogP contribution >= 0.6 is 11.8 Å². The highest BCUT2D eigenvalue weighted by Gasteiger charge is 2.12. The standard InChI is InChI=1S/C11H14F2OS/c1-11(2,14)5-6-15-8-3-4-9(12)10(13)7-8/h3-4,7,14H,5-6H2,1-2H3. The van der Waals surface area contributed by atoms with Crippen molar-refractivity contribution in [2.75, 3.05) is 5.75 Å². The first kappa shape index (κ1) is 12.5. The molecular weight excluding hydrogens is 218 g/mol. The van der Waals surface area contributed by atoms with Gasteiger partial charge in [0.25, 0.3) is 0 Å². The van der Waals surface area contributed by atoms with E-state index in [2.05, 4.69) is 0 Å². The number of rotatable bonds is 4. The molecule has 0 radical (unpaired) electrons. The zero-order chi connectivity index (χ0) is 11.5. The zero-order valence-corrected chi connectivity index (χ0v) is 9.57. The molecule has 1 nitrogen and oxygen atoms in total. The van der Waals surface area contributed by atoms with Crippen molar-refractivity contribution in [2.24, 2.45) is 0 Å². The number of halogens is 2. The first-order valence-corrected chi connectivity index (χ1v) is 5.67. The monoisotopic (exact) mass is 232 g/mol. The van der Waals surface area contributed by atoms with Gasteiger partial charge in [-0.15, -0.1) is 11.8 Å². The van der Waals surface area contributed by atoms with E-state index in [1.807, 2.05) is 0 Å². The van der Waals surface area contributed by atoms with Crippen LogP contribution in [0.15, 0.2) is 23.1 Å². The molecule has 1 rings (SSSR count). The van der Waals surface area contributed by atoms with Crippen molar-refractivity contribution in [1.82, 2.24) is 0 Å². The van der Waals surface area contributed by atoms with Crippen molar-refractivity contribution in [3.05, 3.63) is 29.8 Å². The van der Waals surface area contributed by atoms with Crippen LogP contribution in [0.2, 0.25) is 0 Å². The summed E-state index contributed by atoms with van der Waals surface area (Å²) in [6.07, 6.45) is 0.608. The quantitative estimate of drug-likeness (QED) is 0.804. The number of benzene rings is 1. The molecule has 0 fully saturated rings. The Labute approximate surface area is 92.5 Å². The van der Waals surface area contributed by atoms with E-state index in [4.69, 9.17) is 0 Å². The van der Waals surface area contributed by atoms with Gasteiger partial charge in [0.05, 0.1) is 5.60 Å². The van der Waals surface area contributed by atoms with Crippen LogP contribution in [-0.2, 0) is 0 Å². The van der Waals surface area contributed by atoms with Gasteiger partial charge in [0.1, 0.15) is 0 Å². The van der Waals surface area contributed by atoms with Gasteiger partial charge in [-0.05, 0) is 38.5 Å². The Hall–Kier alpha value is -0.610. The molecule has 4 heteroatoms. The topological polar surface area (TPSA) is 20.2 Å². The van der Waals surface area contributed by atoms with Crippen molar-refractivity contribution < 1.29 is 13.9 Å². The summed E-state index contributed by atoms with van der Waals surface area (Å²) >= 11 is 1.40. The maximum Gasteiger partial charge on any atom is 0.159 e. The van der Waals surface area contributed by atoms with Gasteiger partial charge >= 0.3 is 0 Å². The van der Waals surface area contributed by atoms with Crippen LogP contribution in [0.1, 0.15) is 20.3 Å². The lowest BCUT2D eigenvalue weighted by Gasteiger charge is -2.16. The average Bonchev–Trinajstić information content (AvgIpc) is 2.09. The van der Waals surface area contributed by atoms with Crippen LogP contribution in [-0.4, -0.2) is 16.5 Å². The van der Waals surface area contributed by atoms with Gasteiger partial charge in [-0.2, -0.15) is 0 Å². The Bertz CT molecular complexity index is 334. The minimum absolute atomic E-state index is 0.608. The summed E-state index contributed by atoms with van der Waals surface area (Å²) in [5.41, 5.74) is -0.717. The van der Waals surface area contributed by atoms with Gasteiger partial charge in [0.2, 0.25) is 0 Å². The molecule has 0 heterocycles. The van der Waals surface area contributed by atoms with E-state index in [0.29, 0.717) is 17.1 Å². The third kappa shape index (κ3) is 4.62. The van der Waals surface area contributed by atoms with Crippen molar-refractivity contribution in [2.45, 2.75) is 30.8 Å². The fourth-order valence-corrected chi connectivity index (χ4v) is 2.17. The highest BCUT2D eigenvalue weighted by Crippen LogP contribution is 2.23. The van der Waals surface area contributed by atoms with Gasteiger partial charge in [-0.1, -0.05) is 0 Å². The Morgan fingerprint density at radius 2 is 1.93 bits per heavy atom. The molecule has 0 bridgehead atoms. The van der Waals surface area contributed by atoms with Crippen LogP contribution in [0.25, 0.3) is 0 Å². The van der Waals surface area contributed by atoms with Crippen LogP contribution in [0.4, 0.5) is 8.78 Å². The van der Waals surface area contributed by atoms with E-state index in [1.54, 1.807) is 13.8 Å². The van der Waals surface area contributed by atoms with Crippen molar-refractivity contribution in [3.8, 4) is 0 Å². The molecule has 0 spiro atoms. The maximum absolute atomic E-state index is 12.8. The molecule has 0 aliphatic carbocycles. The summed E-state index contributed by atoms with van der Waals surface area (Å²) in [5, 5.41) is 9.45. The fraction of sp³-hybridized carbons (Fsp3) is 0.455. The summed E-state index contributed by atoms with van der Waals surface area (Å²) in [6, 6.07) is 3.82. The smallest absolute Gasteiger partial charge is 0.159 e. The molecular formula is C11H14F2OS. The lowest BCUT2D eigenvalue weighted by Crippen LogP contribution is -2.18. The Morgan fingerprint density at radius 1 is 1.27 bits per heavy atom. The molecule has 1 aromatic rings. The highest BCUT2D eigenvalue weighted by atomic mass is 32.2. The van der Waals surface area contributed by atoms with E-state index >= 15 is 0 Å². The second-order valence-electron chi connectivity index (χ2n) is 3.99. The largest absolute Gasteiger partial charge is 0.390 e. The Balaban J connectivity index is 2.48.